The second-order valence-electron chi connectivity index (χ2n) is 8.03. The molecule has 2 aromatic heterocycles. The van der Waals surface area contributed by atoms with Crippen LogP contribution in [0.1, 0.15) is 24.0 Å². The SMILES string of the molecule is Cn1cc(C2=C(c3cn(CCCC(N)=O)c4ccccc34)C(=O)NC2=O)c2ccccc21. The highest BCUT2D eigenvalue weighted by Crippen LogP contribution is 2.38. The summed E-state index contributed by atoms with van der Waals surface area (Å²) in [5.41, 5.74) is 9.39. The van der Waals surface area contributed by atoms with Crippen molar-refractivity contribution in [3.8, 4) is 0 Å². The highest BCUT2D eigenvalue weighted by molar-refractivity contribution is 6.50. The Bertz CT molecular complexity index is 1450. The molecule has 160 valence electrons. The highest BCUT2D eigenvalue weighted by atomic mass is 16.2. The summed E-state index contributed by atoms with van der Waals surface area (Å²) in [6, 6.07) is 15.6. The first-order valence-electron chi connectivity index (χ1n) is 10.5. The van der Waals surface area contributed by atoms with Gasteiger partial charge in [0.1, 0.15) is 0 Å². The van der Waals surface area contributed by atoms with Gasteiger partial charge in [-0.25, -0.2) is 0 Å². The van der Waals surface area contributed by atoms with Gasteiger partial charge >= 0.3 is 0 Å². The van der Waals surface area contributed by atoms with Crippen LogP contribution in [0.5, 0.6) is 0 Å². The second kappa shape index (κ2) is 7.53. The first-order chi connectivity index (χ1) is 15.5. The van der Waals surface area contributed by atoms with E-state index in [-0.39, 0.29) is 12.3 Å². The molecule has 0 atom stereocenters. The maximum atomic E-state index is 13.0. The van der Waals surface area contributed by atoms with Gasteiger partial charge in [-0.15, -0.1) is 0 Å². The molecule has 5 rings (SSSR count). The average Bonchev–Trinajstić information content (AvgIpc) is 3.39. The fourth-order valence-corrected chi connectivity index (χ4v) is 4.56. The minimum absolute atomic E-state index is 0.283. The third kappa shape index (κ3) is 3.10. The molecule has 0 saturated heterocycles. The standard InChI is InChI=1S/C25H22N4O3/c1-28-13-17(15-7-2-4-9-19(15)28)22-23(25(32)27-24(22)31)18-14-29(12-6-11-21(26)30)20-10-5-3-8-16(18)20/h2-5,7-10,13-14H,6,11-12H2,1H3,(H2,26,30)(H,27,31,32). The van der Waals surface area contributed by atoms with Gasteiger partial charge in [0, 0.05) is 65.3 Å². The minimum Gasteiger partial charge on any atom is -0.370 e. The number of primary amides is 1. The first-order valence-corrected chi connectivity index (χ1v) is 10.5. The Morgan fingerprint density at radius 1 is 0.875 bits per heavy atom. The lowest BCUT2D eigenvalue weighted by Gasteiger charge is -2.03. The lowest BCUT2D eigenvalue weighted by Crippen LogP contribution is -2.22. The summed E-state index contributed by atoms with van der Waals surface area (Å²) >= 11 is 0. The summed E-state index contributed by atoms with van der Waals surface area (Å²) in [7, 11) is 1.92. The maximum absolute atomic E-state index is 13.0. The van der Waals surface area contributed by atoms with E-state index in [1.165, 1.54) is 0 Å². The van der Waals surface area contributed by atoms with Crippen LogP contribution in [0, 0.1) is 0 Å². The first kappa shape index (κ1) is 19.8. The molecule has 32 heavy (non-hydrogen) atoms. The van der Waals surface area contributed by atoms with Gasteiger partial charge in [-0.05, 0) is 18.6 Å². The van der Waals surface area contributed by atoms with E-state index in [0.717, 1.165) is 27.4 Å². The molecule has 2 aromatic carbocycles. The summed E-state index contributed by atoms with van der Waals surface area (Å²) in [5.74, 6) is -1.15. The Labute approximate surface area is 184 Å². The molecule has 1 aliphatic heterocycles. The van der Waals surface area contributed by atoms with Crippen molar-refractivity contribution in [3.63, 3.8) is 0 Å². The lowest BCUT2D eigenvalue weighted by molar-refractivity contribution is -0.123. The number of nitrogens with one attached hydrogen (secondary N) is 1. The molecule has 0 fully saturated rings. The zero-order chi connectivity index (χ0) is 22.4. The highest BCUT2D eigenvalue weighted by Gasteiger charge is 2.35. The molecular formula is C25H22N4O3. The van der Waals surface area contributed by atoms with Crippen LogP contribution in [0.3, 0.4) is 0 Å². The Balaban J connectivity index is 1.73. The molecule has 3 heterocycles. The average molecular weight is 426 g/mol. The quantitative estimate of drug-likeness (QED) is 0.464. The lowest BCUT2D eigenvalue weighted by atomic mass is 9.95. The number of benzene rings is 2. The summed E-state index contributed by atoms with van der Waals surface area (Å²) < 4.78 is 3.97. The predicted octanol–water partition coefficient (Wildman–Crippen LogP) is 2.97. The number of aromatic nitrogens is 2. The number of nitrogens with two attached hydrogens (primary N) is 1. The number of aryl methyl sites for hydroxylation is 2. The third-order valence-corrected chi connectivity index (χ3v) is 5.98. The molecule has 0 bridgehead atoms. The fraction of sp³-hybridized carbons (Fsp3) is 0.160. The zero-order valence-electron chi connectivity index (χ0n) is 17.6. The number of hydrogen-bond donors (Lipinski definition) is 2. The van der Waals surface area contributed by atoms with Crippen LogP contribution in [0.4, 0.5) is 0 Å². The molecule has 4 aromatic rings. The number of hydrogen-bond acceptors (Lipinski definition) is 3. The number of nitrogens with zero attached hydrogens (tertiary/aromatic N) is 2. The van der Waals surface area contributed by atoms with E-state index >= 15 is 0 Å². The van der Waals surface area contributed by atoms with E-state index in [2.05, 4.69) is 5.32 Å². The topological polar surface area (TPSA) is 99.1 Å². The van der Waals surface area contributed by atoms with Crippen molar-refractivity contribution in [3.05, 3.63) is 72.1 Å². The van der Waals surface area contributed by atoms with E-state index in [4.69, 9.17) is 5.73 Å². The molecule has 0 unspecified atom stereocenters. The number of para-hydroxylation sites is 2. The van der Waals surface area contributed by atoms with Crippen molar-refractivity contribution < 1.29 is 14.4 Å². The van der Waals surface area contributed by atoms with E-state index in [1.54, 1.807) is 0 Å². The van der Waals surface area contributed by atoms with Crippen LogP contribution in [-0.4, -0.2) is 26.9 Å². The molecular weight excluding hydrogens is 404 g/mol. The number of carbonyl (C=O) groups is 3. The van der Waals surface area contributed by atoms with E-state index in [1.807, 2.05) is 77.1 Å². The molecule has 1 aliphatic rings. The van der Waals surface area contributed by atoms with E-state index in [9.17, 15) is 14.4 Å². The van der Waals surface area contributed by atoms with Crippen LogP contribution in [0.15, 0.2) is 60.9 Å². The Kier molecular flexibility index (Phi) is 4.66. The van der Waals surface area contributed by atoms with Crippen molar-refractivity contribution in [1.82, 2.24) is 14.5 Å². The van der Waals surface area contributed by atoms with Crippen molar-refractivity contribution in [2.45, 2.75) is 19.4 Å². The monoisotopic (exact) mass is 426 g/mol. The van der Waals surface area contributed by atoms with E-state index < -0.39 is 11.8 Å². The number of rotatable bonds is 6. The largest absolute Gasteiger partial charge is 0.370 e. The van der Waals surface area contributed by atoms with Gasteiger partial charge in [-0.3, -0.25) is 19.7 Å². The van der Waals surface area contributed by atoms with Gasteiger partial charge in [0.15, 0.2) is 0 Å². The third-order valence-electron chi connectivity index (χ3n) is 5.98. The summed E-state index contributed by atoms with van der Waals surface area (Å²) in [4.78, 5) is 37.1. The van der Waals surface area contributed by atoms with Crippen LogP contribution in [0.25, 0.3) is 33.0 Å². The number of amides is 3. The minimum atomic E-state index is -0.405. The van der Waals surface area contributed by atoms with Gasteiger partial charge in [0.25, 0.3) is 11.8 Å². The molecule has 0 radical (unpaired) electrons. The molecule has 7 heteroatoms. The second-order valence-corrected chi connectivity index (χ2v) is 8.03. The normalized spacial score (nSPS) is 14.0. The Morgan fingerprint density at radius 2 is 1.44 bits per heavy atom. The fourth-order valence-electron chi connectivity index (χ4n) is 4.56. The van der Waals surface area contributed by atoms with Crippen molar-refractivity contribution in [2.24, 2.45) is 12.8 Å². The summed E-state index contributed by atoms with van der Waals surface area (Å²) in [5, 5.41) is 4.28. The Morgan fingerprint density at radius 3 is 2.09 bits per heavy atom. The molecule has 3 N–H and O–H groups in total. The molecule has 0 aliphatic carbocycles. The zero-order valence-corrected chi connectivity index (χ0v) is 17.6. The number of imide groups is 1. The van der Waals surface area contributed by atoms with Crippen molar-refractivity contribution >= 4 is 50.7 Å². The van der Waals surface area contributed by atoms with Gasteiger partial charge in [-0.2, -0.15) is 0 Å². The predicted molar refractivity (Wildman–Crippen MR) is 123 cm³/mol. The van der Waals surface area contributed by atoms with Crippen LogP contribution >= 0.6 is 0 Å². The van der Waals surface area contributed by atoms with Crippen LogP contribution in [0.2, 0.25) is 0 Å². The number of carbonyl (C=O) groups excluding carboxylic acids is 3. The van der Waals surface area contributed by atoms with Crippen molar-refractivity contribution in [2.75, 3.05) is 0 Å². The molecule has 0 saturated carbocycles. The molecule has 3 amide bonds. The van der Waals surface area contributed by atoms with Gasteiger partial charge in [0.2, 0.25) is 5.91 Å². The van der Waals surface area contributed by atoms with Crippen LogP contribution in [-0.2, 0) is 28.0 Å². The number of fused-ring (bicyclic) bond motifs is 2. The van der Waals surface area contributed by atoms with Crippen LogP contribution < -0.4 is 11.1 Å². The maximum Gasteiger partial charge on any atom is 0.259 e. The van der Waals surface area contributed by atoms with Gasteiger partial charge < -0.3 is 14.9 Å². The van der Waals surface area contributed by atoms with E-state index in [0.29, 0.717) is 29.7 Å². The van der Waals surface area contributed by atoms with Gasteiger partial charge in [0.05, 0.1) is 11.1 Å². The van der Waals surface area contributed by atoms with Crippen molar-refractivity contribution in [1.29, 1.82) is 0 Å². The molecule has 7 nitrogen and oxygen atoms in total. The summed E-state index contributed by atoms with van der Waals surface area (Å²) in [6.45, 7) is 0.579. The molecule has 0 spiro atoms. The Hall–Kier alpha value is -4.13. The van der Waals surface area contributed by atoms with Gasteiger partial charge in [-0.1, -0.05) is 36.4 Å². The smallest absolute Gasteiger partial charge is 0.259 e. The summed E-state index contributed by atoms with van der Waals surface area (Å²) in [6.07, 6.45) is 4.66.